The first-order chi connectivity index (χ1) is 7.52. The molecule has 0 saturated heterocycles. The van der Waals surface area contributed by atoms with Gasteiger partial charge in [-0.1, -0.05) is 30.1 Å². The minimum Gasteiger partial charge on any atom is -0.410 e. The normalized spacial score (nSPS) is 12.0. The van der Waals surface area contributed by atoms with Crippen LogP contribution in [0.2, 0.25) is 10.0 Å². The minimum atomic E-state index is -0.569. The molecule has 0 spiro atoms. The lowest BCUT2D eigenvalue weighted by Gasteiger charge is -2.11. The molecule has 0 aliphatic rings. The molecule has 1 aromatic rings. The number of rotatable bonds is 3. The van der Waals surface area contributed by atoms with Crippen LogP contribution in [0.1, 0.15) is 13.3 Å². The highest BCUT2D eigenvalue weighted by Crippen LogP contribution is 2.26. The molecule has 0 radical (unpaired) electrons. The van der Waals surface area contributed by atoms with Crippen molar-refractivity contribution in [1.29, 1.82) is 0 Å². The molecule has 0 bridgehead atoms. The second kappa shape index (κ2) is 6.23. The topological polar surface area (TPSA) is 38.3 Å². The Kier molecular flexibility index (Phi) is 5.25. The van der Waals surface area contributed by atoms with E-state index in [0.29, 0.717) is 22.2 Å². The van der Waals surface area contributed by atoms with E-state index in [2.05, 4.69) is 17.9 Å². The third kappa shape index (κ3) is 4.12. The second-order valence-electron chi connectivity index (χ2n) is 3.03. The molecule has 1 aromatic carbocycles. The fraction of sp³-hybridized carbons (Fsp3) is 0.300. The third-order valence-corrected chi connectivity index (χ3v) is 3.01. The fourth-order valence-corrected chi connectivity index (χ4v) is 1.31. The van der Waals surface area contributed by atoms with Crippen LogP contribution in [0, 0.1) is 0 Å². The Bertz CT molecular complexity index is 387. The van der Waals surface area contributed by atoms with Gasteiger partial charge in [-0.2, -0.15) is 12.6 Å². The van der Waals surface area contributed by atoms with Crippen molar-refractivity contribution in [2.75, 3.05) is 0 Å². The first-order valence-electron chi connectivity index (χ1n) is 4.64. The van der Waals surface area contributed by atoms with Gasteiger partial charge < -0.3 is 10.1 Å². The lowest BCUT2D eigenvalue weighted by molar-refractivity contribution is 0.199. The molecule has 1 atom stereocenters. The zero-order valence-corrected chi connectivity index (χ0v) is 10.9. The highest BCUT2D eigenvalue weighted by Gasteiger charge is 2.09. The van der Waals surface area contributed by atoms with Crippen LogP contribution in [0.15, 0.2) is 18.2 Å². The van der Waals surface area contributed by atoms with Crippen LogP contribution in [0.25, 0.3) is 0 Å². The van der Waals surface area contributed by atoms with Crippen molar-refractivity contribution in [3.8, 4) is 5.75 Å². The number of hydrogen-bond donors (Lipinski definition) is 2. The van der Waals surface area contributed by atoms with Crippen LogP contribution < -0.4 is 10.1 Å². The summed E-state index contributed by atoms with van der Waals surface area (Å²) in [6.07, 6.45) is 0.139. The van der Waals surface area contributed by atoms with Crippen molar-refractivity contribution in [1.82, 2.24) is 5.32 Å². The molecule has 16 heavy (non-hydrogen) atoms. The standard InChI is InChI=1S/C10H11Cl2NO2S/c1-2-9(16)13-10(14)15-6-3-4-7(11)8(12)5-6/h3-5,9,16H,2H2,1H3,(H,13,14). The summed E-state index contributed by atoms with van der Waals surface area (Å²) in [4.78, 5) is 11.3. The summed E-state index contributed by atoms with van der Waals surface area (Å²) >= 11 is 15.6. The average Bonchev–Trinajstić information content (AvgIpc) is 2.23. The third-order valence-electron chi connectivity index (χ3n) is 1.77. The van der Waals surface area contributed by atoms with Gasteiger partial charge in [-0.15, -0.1) is 0 Å². The van der Waals surface area contributed by atoms with Gasteiger partial charge in [0.1, 0.15) is 5.75 Å². The number of nitrogens with one attached hydrogen (secondary N) is 1. The second-order valence-corrected chi connectivity index (χ2v) is 4.47. The molecule has 1 unspecified atom stereocenters. The van der Waals surface area contributed by atoms with Gasteiger partial charge in [0.25, 0.3) is 0 Å². The molecule has 0 heterocycles. The predicted molar refractivity (Wildman–Crippen MR) is 68.7 cm³/mol. The van der Waals surface area contributed by atoms with Crippen molar-refractivity contribution < 1.29 is 9.53 Å². The SMILES string of the molecule is CCC(S)NC(=O)Oc1ccc(Cl)c(Cl)c1. The number of ether oxygens (including phenoxy) is 1. The largest absolute Gasteiger partial charge is 0.413 e. The number of halogens is 2. The molecular formula is C10H11Cl2NO2S. The van der Waals surface area contributed by atoms with Gasteiger partial charge in [-0.05, 0) is 18.6 Å². The van der Waals surface area contributed by atoms with E-state index < -0.39 is 6.09 Å². The van der Waals surface area contributed by atoms with Crippen LogP contribution in [-0.2, 0) is 0 Å². The van der Waals surface area contributed by atoms with Crippen molar-refractivity contribution in [2.45, 2.75) is 18.7 Å². The monoisotopic (exact) mass is 279 g/mol. The van der Waals surface area contributed by atoms with Crippen LogP contribution in [0.3, 0.4) is 0 Å². The number of carbonyl (C=O) groups excluding carboxylic acids is 1. The fourth-order valence-electron chi connectivity index (χ4n) is 0.915. The molecule has 0 aliphatic heterocycles. The maximum absolute atomic E-state index is 11.3. The Morgan fingerprint density at radius 2 is 2.19 bits per heavy atom. The summed E-state index contributed by atoms with van der Waals surface area (Å²) in [5.41, 5.74) is 0. The lowest BCUT2D eigenvalue weighted by atomic mass is 10.3. The summed E-state index contributed by atoms with van der Waals surface area (Å²) in [7, 11) is 0. The van der Waals surface area contributed by atoms with Gasteiger partial charge in [0.2, 0.25) is 0 Å². The highest BCUT2D eigenvalue weighted by atomic mass is 35.5. The van der Waals surface area contributed by atoms with E-state index in [1.165, 1.54) is 6.07 Å². The quantitative estimate of drug-likeness (QED) is 0.653. The van der Waals surface area contributed by atoms with E-state index in [-0.39, 0.29) is 5.37 Å². The predicted octanol–water partition coefficient (Wildman–Crippen LogP) is 3.75. The Hall–Kier alpha value is -0.580. The Labute approximate surface area is 109 Å². The van der Waals surface area contributed by atoms with Crippen LogP contribution >= 0.6 is 35.8 Å². The van der Waals surface area contributed by atoms with Crippen LogP contribution in [0.4, 0.5) is 4.79 Å². The van der Waals surface area contributed by atoms with E-state index >= 15 is 0 Å². The Morgan fingerprint density at radius 3 is 2.75 bits per heavy atom. The van der Waals surface area contributed by atoms with Gasteiger partial charge in [0.05, 0.1) is 15.4 Å². The summed E-state index contributed by atoms with van der Waals surface area (Å²) in [5, 5.41) is 3.06. The zero-order chi connectivity index (χ0) is 12.1. The van der Waals surface area contributed by atoms with Crippen LogP contribution in [0.5, 0.6) is 5.75 Å². The van der Waals surface area contributed by atoms with Crippen LogP contribution in [-0.4, -0.2) is 11.5 Å². The average molecular weight is 280 g/mol. The first-order valence-corrected chi connectivity index (χ1v) is 5.91. The van der Waals surface area contributed by atoms with E-state index in [1.807, 2.05) is 6.92 Å². The smallest absolute Gasteiger partial charge is 0.410 e. The Balaban J connectivity index is 2.59. The van der Waals surface area contributed by atoms with Gasteiger partial charge in [-0.25, -0.2) is 4.79 Å². The van der Waals surface area contributed by atoms with Gasteiger partial charge in [-0.3, -0.25) is 0 Å². The van der Waals surface area contributed by atoms with Crippen molar-refractivity contribution >= 4 is 41.9 Å². The van der Waals surface area contributed by atoms with Gasteiger partial charge in [0.15, 0.2) is 0 Å². The molecular weight excluding hydrogens is 269 g/mol. The number of carbonyl (C=O) groups is 1. The van der Waals surface area contributed by atoms with Crippen molar-refractivity contribution in [3.63, 3.8) is 0 Å². The van der Waals surface area contributed by atoms with Gasteiger partial charge >= 0.3 is 6.09 Å². The molecule has 3 nitrogen and oxygen atoms in total. The maximum atomic E-state index is 11.3. The molecule has 0 saturated carbocycles. The molecule has 1 N–H and O–H groups in total. The molecule has 1 rings (SSSR count). The molecule has 0 aliphatic carbocycles. The van der Waals surface area contributed by atoms with Gasteiger partial charge in [0, 0.05) is 6.07 Å². The van der Waals surface area contributed by atoms with E-state index in [1.54, 1.807) is 12.1 Å². The number of benzene rings is 1. The summed E-state index contributed by atoms with van der Waals surface area (Å²) in [6, 6.07) is 4.60. The molecule has 1 amide bonds. The Morgan fingerprint density at radius 1 is 1.50 bits per heavy atom. The highest BCUT2D eigenvalue weighted by molar-refractivity contribution is 7.80. The molecule has 0 aromatic heterocycles. The van der Waals surface area contributed by atoms with E-state index in [0.717, 1.165) is 0 Å². The maximum Gasteiger partial charge on any atom is 0.413 e. The van der Waals surface area contributed by atoms with Crippen molar-refractivity contribution in [3.05, 3.63) is 28.2 Å². The molecule has 88 valence electrons. The summed E-state index contributed by atoms with van der Waals surface area (Å²) in [6.45, 7) is 1.90. The number of hydrogen-bond acceptors (Lipinski definition) is 3. The summed E-state index contributed by atoms with van der Waals surface area (Å²) < 4.78 is 4.98. The summed E-state index contributed by atoms with van der Waals surface area (Å²) in [5.74, 6) is 0.337. The van der Waals surface area contributed by atoms with Crippen molar-refractivity contribution in [2.24, 2.45) is 0 Å². The minimum absolute atomic E-state index is 0.227. The number of amides is 1. The first kappa shape index (κ1) is 13.5. The molecule has 0 fully saturated rings. The van der Waals surface area contributed by atoms with E-state index in [4.69, 9.17) is 27.9 Å². The zero-order valence-electron chi connectivity index (χ0n) is 8.54. The molecule has 6 heteroatoms. The van der Waals surface area contributed by atoms with E-state index in [9.17, 15) is 4.79 Å². The lowest BCUT2D eigenvalue weighted by Crippen LogP contribution is -2.32. The number of thiol groups is 1.